The van der Waals surface area contributed by atoms with E-state index in [0.29, 0.717) is 6.54 Å². The molecular formula is C15H22N2O2S. The van der Waals surface area contributed by atoms with Gasteiger partial charge in [-0.25, -0.2) is 8.42 Å². The molecule has 0 N–H and O–H groups in total. The maximum absolute atomic E-state index is 11.9. The molecule has 5 heteroatoms. The van der Waals surface area contributed by atoms with Crippen LogP contribution in [0.3, 0.4) is 0 Å². The highest BCUT2D eigenvalue weighted by Gasteiger charge is 2.28. The van der Waals surface area contributed by atoms with Crippen LogP contribution in [-0.4, -0.2) is 38.7 Å². The molecule has 3 rings (SSSR count). The normalized spacial score (nSPS) is 23.1. The van der Waals surface area contributed by atoms with Gasteiger partial charge in [-0.3, -0.25) is 9.21 Å². The Hall–Kier alpha value is -1.07. The van der Waals surface area contributed by atoms with Gasteiger partial charge in [-0.2, -0.15) is 0 Å². The van der Waals surface area contributed by atoms with Gasteiger partial charge in [0.05, 0.1) is 11.4 Å². The van der Waals surface area contributed by atoms with Crippen LogP contribution in [0.2, 0.25) is 0 Å². The monoisotopic (exact) mass is 294 g/mol. The average molecular weight is 294 g/mol. The minimum absolute atomic E-state index is 0.280. The number of anilines is 1. The number of hydrogen-bond acceptors (Lipinski definition) is 3. The molecule has 2 aliphatic rings. The van der Waals surface area contributed by atoms with Crippen molar-refractivity contribution in [1.82, 2.24) is 4.90 Å². The summed E-state index contributed by atoms with van der Waals surface area (Å²) in [5, 5.41) is 0. The van der Waals surface area contributed by atoms with Gasteiger partial charge < -0.3 is 0 Å². The summed E-state index contributed by atoms with van der Waals surface area (Å²) >= 11 is 0. The Labute approximate surface area is 121 Å². The summed E-state index contributed by atoms with van der Waals surface area (Å²) in [6, 6.07) is 8.03. The Morgan fingerprint density at radius 3 is 2.20 bits per heavy atom. The van der Waals surface area contributed by atoms with Crippen LogP contribution in [0.4, 0.5) is 5.69 Å². The van der Waals surface area contributed by atoms with E-state index < -0.39 is 10.0 Å². The molecule has 20 heavy (non-hydrogen) atoms. The summed E-state index contributed by atoms with van der Waals surface area (Å²) < 4.78 is 25.3. The summed E-state index contributed by atoms with van der Waals surface area (Å²) in [6.07, 6.45) is 4.67. The third kappa shape index (κ3) is 2.99. The number of nitrogens with zero attached hydrogens (tertiary/aromatic N) is 2. The first kappa shape index (κ1) is 13.9. The van der Waals surface area contributed by atoms with E-state index in [0.717, 1.165) is 18.7 Å². The topological polar surface area (TPSA) is 40.6 Å². The molecule has 1 aromatic rings. The second kappa shape index (κ2) is 5.74. The highest BCUT2D eigenvalue weighted by atomic mass is 32.2. The van der Waals surface area contributed by atoms with Crippen LogP contribution in [0.25, 0.3) is 0 Å². The Balaban J connectivity index is 1.68. The number of piperidine rings is 1. The molecule has 1 aromatic carbocycles. The molecule has 0 unspecified atom stereocenters. The van der Waals surface area contributed by atoms with E-state index in [2.05, 4.69) is 17.0 Å². The first-order chi connectivity index (χ1) is 9.65. The van der Waals surface area contributed by atoms with Gasteiger partial charge in [0.1, 0.15) is 0 Å². The van der Waals surface area contributed by atoms with E-state index in [4.69, 9.17) is 0 Å². The van der Waals surface area contributed by atoms with Crippen molar-refractivity contribution in [2.45, 2.75) is 32.2 Å². The molecule has 0 radical (unpaired) electrons. The second-order valence-corrected chi connectivity index (χ2v) is 7.76. The van der Waals surface area contributed by atoms with Crippen LogP contribution < -0.4 is 4.31 Å². The van der Waals surface area contributed by atoms with Crippen LogP contribution in [0.5, 0.6) is 0 Å². The third-order valence-corrected chi connectivity index (χ3v) is 6.05. The minimum atomic E-state index is -3.06. The van der Waals surface area contributed by atoms with Crippen LogP contribution in [0, 0.1) is 0 Å². The van der Waals surface area contributed by atoms with Gasteiger partial charge in [-0.1, -0.05) is 18.6 Å². The van der Waals surface area contributed by atoms with Crippen molar-refractivity contribution in [1.29, 1.82) is 0 Å². The van der Waals surface area contributed by atoms with Crippen molar-refractivity contribution in [2.24, 2.45) is 0 Å². The fourth-order valence-electron chi connectivity index (χ4n) is 3.07. The van der Waals surface area contributed by atoms with Crippen LogP contribution >= 0.6 is 0 Å². The Morgan fingerprint density at radius 1 is 0.900 bits per heavy atom. The molecule has 2 aliphatic heterocycles. The van der Waals surface area contributed by atoms with E-state index in [1.165, 1.54) is 42.2 Å². The lowest BCUT2D eigenvalue weighted by Crippen LogP contribution is -2.29. The predicted octanol–water partition coefficient (Wildman–Crippen LogP) is 2.21. The number of hydrogen-bond donors (Lipinski definition) is 0. The molecule has 4 nitrogen and oxygen atoms in total. The van der Waals surface area contributed by atoms with E-state index in [1.54, 1.807) is 0 Å². The molecule has 2 heterocycles. The molecule has 0 atom stereocenters. The van der Waals surface area contributed by atoms with E-state index in [1.807, 2.05) is 12.1 Å². The highest BCUT2D eigenvalue weighted by molar-refractivity contribution is 7.93. The van der Waals surface area contributed by atoms with Gasteiger partial charge in [0, 0.05) is 13.1 Å². The molecule has 2 fully saturated rings. The Kier molecular flexibility index (Phi) is 3.98. The molecule has 0 aliphatic carbocycles. The average Bonchev–Trinajstić information content (AvgIpc) is 2.80. The van der Waals surface area contributed by atoms with Crippen LogP contribution in [-0.2, 0) is 16.6 Å². The molecule has 0 spiro atoms. The molecular weight excluding hydrogens is 272 g/mol. The smallest absolute Gasteiger partial charge is 0.235 e. The fourth-order valence-corrected chi connectivity index (χ4v) is 4.64. The first-order valence-corrected chi connectivity index (χ1v) is 9.08. The van der Waals surface area contributed by atoms with Crippen molar-refractivity contribution in [2.75, 3.05) is 29.7 Å². The number of likely N-dealkylation sites (tertiary alicyclic amines) is 1. The number of sulfonamides is 1. The van der Waals surface area contributed by atoms with Crippen molar-refractivity contribution < 1.29 is 8.42 Å². The fraction of sp³-hybridized carbons (Fsp3) is 0.600. The standard InChI is InChI=1S/C15H22N2O2S/c18-20(19)12-4-11-17(20)15-7-5-14(6-8-15)13-16-9-2-1-3-10-16/h5-8H,1-4,9-13H2. The van der Waals surface area contributed by atoms with E-state index >= 15 is 0 Å². The van der Waals surface area contributed by atoms with Crippen LogP contribution in [0.1, 0.15) is 31.2 Å². The Bertz CT molecular complexity index is 548. The summed E-state index contributed by atoms with van der Waals surface area (Å²) in [6.45, 7) is 3.96. The predicted molar refractivity (Wildman–Crippen MR) is 81.3 cm³/mol. The summed E-state index contributed by atoms with van der Waals surface area (Å²) in [5.74, 6) is 0.280. The Morgan fingerprint density at radius 2 is 1.60 bits per heavy atom. The molecule has 0 bridgehead atoms. The zero-order chi connectivity index (χ0) is 14.0. The zero-order valence-corrected chi connectivity index (χ0v) is 12.6. The molecule has 110 valence electrons. The first-order valence-electron chi connectivity index (χ1n) is 7.47. The lowest BCUT2D eigenvalue weighted by molar-refractivity contribution is 0.221. The van der Waals surface area contributed by atoms with Gasteiger partial charge >= 0.3 is 0 Å². The lowest BCUT2D eigenvalue weighted by Gasteiger charge is -2.26. The van der Waals surface area contributed by atoms with Gasteiger partial charge in [-0.15, -0.1) is 0 Å². The maximum atomic E-state index is 11.9. The molecule has 2 saturated heterocycles. The van der Waals surface area contributed by atoms with Crippen molar-refractivity contribution in [3.63, 3.8) is 0 Å². The maximum Gasteiger partial charge on any atom is 0.235 e. The third-order valence-electron chi connectivity index (χ3n) is 4.18. The molecule has 0 aromatic heterocycles. The second-order valence-electron chi connectivity index (χ2n) is 5.74. The van der Waals surface area contributed by atoms with E-state index in [9.17, 15) is 8.42 Å². The van der Waals surface area contributed by atoms with Crippen molar-refractivity contribution in [3.05, 3.63) is 29.8 Å². The summed E-state index contributed by atoms with van der Waals surface area (Å²) in [4.78, 5) is 2.48. The van der Waals surface area contributed by atoms with Gasteiger partial charge in [0.15, 0.2) is 0 Å². The zero-order valence-electron chi connectivity index (χ0n) is 11.8. The van der Waals surface area contributed by atoms with Gasteiger partial charge in [0.2, 0.25) is 10.0 Å². The summed E-state index contributed by atoms with van der Waals surface area (Å²) in [7, 11) is -3.06. The highest BCUT2D eigenvalue weighted by Crippen LogP contribution is 2.24. The minimum Gasteiger partial charge on any atom is -0.299 e. The van der Waals surface area contributed by atoms with Gasteiger partial charge in [-0.05, 0) is 50.0 Å². The van der Waals surface area contributed by atoms with Crippen molar-refractivity contribution in [3.8, 4) is 0 Å². The molecule has 0 saturated carbocycles. The summed E-state index contributed by atoms with van der Waals surface area (Å²) in [5.41, 5.74) is 2.08. The number of benzene rings is 1. The largest absolute Gasteiger partial charge is 0.299 e. The quantitative estimate of drug-likeness (QED) is 0.858. The lowest BCUT2D eigenvalue weighted by atomic mass is 10.1. The SMILES string of the molecule is O=S1(=O)CCCN1c1ccc(CN2CCCCC2)cc1. The van der Waals surface area contributed by atoms with E-state index in [-0.39, 0.29) is 5.75 Å². The van der Waals surface area contributed by atoms with Gasteiger partial charge in [0.25, 0.3) is 0 Å². The van der Waals surface area contributed by atoms with Crippen LogP contribution in [0.15, 0.2) is 24.3 Å². The number of rotatable bonds is 3. The van der Waals surface area contributed by atoms with Crippen molar-refractivity contribution >= 4 is 15.7 Å². The molecule has 0 amide bonds.